The van der Waals surface area contributed by atoms with E-state index in [1.807, 2.05) is 5.92 Å². The highest BCUT2D eigenvalue weighted by molar-refractivity contribution is 5.87. The normalized spacial score (nSPS) is 15.2. The molecule has 2 N–H and O–H groups in total. The number of carboxylic acids is 1. The Morgan fingerprint density at radius 2 is 2.25 bits per heavy atom. The summed E-state index contributed by atoms with van der Waals surface area (Å²) in [6.07, 6.45) is 2.19. The zero-order valence-corrected chi connectivity index (χ0v) is 11.3. The maximum atomic E-state index is 10.4. The minimum Gasteiger partial charge on any atom is -0.477 e. The van der Waals surface area contributed by atoms with Crippen molar-refractivity contribution in [1.29, 1.82) is 0 Å². The van der Waals surface area contributed by atoms with Crippen molar-refractivity contribution in [1.82, 2.24) is 15.3 Å². The fraction of sp³-hybridized carbons (Fsp3) is 0.500. The van der Waals surface area contributed by atoms with Gasteiger partial charge in [-0.1, -0.05) is 0 Å². The third-order valence-electron chi connectivity index (χ3n) is 3.04. The SMILES string of the molecule is Cc1nc(C#CC(=O)O)cc(OCC2CCNCC2)n1. The zero-order valence-electron chi connectivity index (χ0n) is 11.3. The van der Waals surface area contributed by atoms with Gasteiger partial charge < -0.3 is 15.2 Å². The fourth-order valence-electron chi connectivity index (χ4n) is 2.05. The van der Waals surface area contributed by atoms with E-state index in [1.165, 1.54) is 0 Å². The van der Waals surface area contributed by atoms with Crippen LogP contribution < -0.4 is 10.1 Å². The third-order valence-corrected chi connectivity index (χ3v) is 3.04. The van der Waals surface area contributed by atoms with E-state index in [4.69, 9.17) is 9.84 Å². The van der Waals surface area contributed by atoms with Gasteiger partial charge in [0.1, 0.15) is 11.5 Å². The van der Waals surface area contributed by atoms with Crippen LogP contribution in [0.25, 0.3) is 0 Å². The number of aryl methyl sites for hydroxylation is 1. The van der Waals surface area contributed by atoms with E-state index in [0.29, 0.717) is 29.9 Å². The van der Waals surface area contributed by atoms with E-state index in [9.17, 15) is 4.79 Å². The molecular weight excluding hydrogens is 258 g/mol. The second-order valence-corrected chi connectivity index (χ2v) is 4.70. The summed E-state index contributed by atoms with van der Waals surface area (Å²) in [7, 11) is 0. The van der Waals surface area contributed by atoms with E-state index in [-0.39, 0.29) is 0 Å². The molecule has 1 fully saturated rings. The molecule has 0 aromatic carbocycles. The summed E-state index contributed by atoms with van der Waals surface area (Å²) in [5.41, 5.74) is 0.361. The van der Waals surface area contributed by atoms with Gasteiger partial charge in [-0.3, -0.25) is 0 Å². The minimum atomic E-state index is -1.18. The van der Waals surface area contributed by atoms with E-state index in [2.05, 4.69) is 21.2 Å². The lowest BCUT2D eigenvalue weighted by atomic mass is 9.99. The van der Waals surface area contributed by atoms with E-state index in [1.54, 1.807) is 13.0 Å². The largest absolute Gasteiger partial charge is 0.477 e. The molecule has 0 bridgehead atoms. The van der Waals surface area contributed by atoms with Crippen LogP contribution >= 0.6 is 0 Å². The maximum absolute atomic E-state index is 10.4. The quantitative estimate of drug-likeness (QED) is 0.786. The maximum Gasteiger partial charge on any atom is 0.382 e. The highest BCUT2D eigenvalue weighted by Gasteiger charge is 2.14. The molecule has 1 saturated heterocycles. The van der Waals surface area contributed by atoms with Crippen molar-refractivity contribution >= 4 is 5.97 Å². The Labute approximate surface area is 117 Å². The Hall–Kier alpha value is -2.13. The average molecular weight is 275 g/mol. The minimum absolute atomic E-state index is 0.361. The number of aliphatic carboxylic acids is 1. The van der Waals surface area contributed by atoms with Crippen molar-refractivity contribution in [3.05, 3.63) is 17.6 Å². The molecule has 0 radical (unpaired) electrons. The van der Waals surface area contributed by atoms with Gasteiger partial charge in [0, 0.05) is 12.0 Å². The van der Waals surface area contributed by atoms with Gasteiger partial charge in [-0.15, -0.1) is 0 Å². The lowest BCUT2D eigenvalue weighted by molar-refractivity contribution is -0.130. The molecule has 1 aromatic heterocycles. The summed E-state index contributed by atoms with van der Waals surface area (Å²) >= 11 is 0. The molecule has 2 rings (SSSR count). The number of carbonyl (C=O) groups is 1. The fourth-order valence-corrected chi connectivity index (χ4v) is 2.05. The van der Waals surface area contributed by atoms with Crippen molar-refractivity contribution in [3.63, 3.8) is 0 Å². The van der Waals surface area contributed by atoms with E-state index >= 15 is 0 Å². The van der Waals surface area contributed by atoms with Gasteiger partial charge in [-0.05, 0) is 44.7 Å². The Morgan fingerprint density at radius 1 is 1.50 bits per heavy atom. The van der Waals surface area contributed by atoms with Gasteiger partial charge in [0.05, 0.1) is 6.61 Å². The van der Waals surface area contributed by atoms with Gasteiger partial charge in [-0.2, -0.15) is 4.98 Å². The monoisotopic (exact) mass is 275 g/mol. The first-order chi connectivity index (χ1) is 9.63. The molecule has 0 spiro atoms. The molecule has 0 saturated carbocycles. The highest BCUT2D eigenvalue weighted by Crippen LogP contribution is 2.15. The molecule has 1 aromatic rings. The number of hydrogen-bond donors (Lipinski definition) is 2. The number of piperidine rings is 1. The van der Waals surface area contributed by atoms with Crippen LogP contribution in [-0.2, 0) is 4.79 Å². The van der Waals surface area contributed by atoms with Crippen LogP contribution in [0, 0.1) is 24.7 Å². The molecule has 0 atom stereocenters. The summed E-state index contributed by atoms with van der Waals surface area (Å²) in [6, 6.07) is 1.57. The summed E-state index contributed by atoms with van der Waals surface area (Å²) in [4.78, 5) is 18.7. The number of nitrogens with zero attached hydrogens (tertiary/aromatic N) is 2. The Bertz CT molecular complexity index is 542. The molecule has 20 heavy (non-hydrogen) atoms. The van der Waals surface area contributed by atoms with Crippen molar-refractivity contribution in [3.8, 4) is 17.7 Å². The topological polar surface area (TPSA) is 84.3 Å². The average Bonchev–Trinajstić information content (AvgIpc) is 2.44. The van der Waals surface area contributed by atoms with Crippen molar-refractivity contribution < 1.29 is 14.6 Å². The van der Waals surface area contributed by atoms with Crippen LogP contribution in [-0.4, -0.2) is 40.7 Å². The van der Waals surface area contributed by atoms with Crippen LogP contribution in [0.5, 0.6) is 5.88 Å². The smallest absolute Gasteiger partial charge is 0.382 e. The molecule has 1 aliphatic heterocycles. The molecule has 2 heterocycles. The molecule has 106 valence electrons. The predicted octanol–water partition coefficient (Wildman–Crippen LogP) is 0.600. The Morgan fingerprint density at radius 3 is 2.95 bits per heavy atom. The summed E-state index contributed by atoms with van der Waals surface area (Å²) < 4.78 is 5.68. The van der Waals surface area contributed by atoms with E-state index < -0.39 is 5.97 Å². The predicted molar refractivity (Wildman–Crippen MR) is 72.4 cm³/mol. The second-order valence-electron chi connectivity index (χ2n) is 4.70. The van der Waals surface area contributed by atoms with Crippen LogP contribution in [0.1, 0.15) is 24.4 Å². The molecule has 6 nitrogen and oxygen atoms in total. The highest BCUT2D eigenvalue weighted by atomic mass is 16.5. The van der Waals surface area contributed by atoms with Crippen LogP contribution in [0.3, 0.4) is 0 Å². The summed E-state index contributed by atoms with van der Waals surface area (Å²) in [6.45, 7) is 4.38. The molecule has 0 amide bonds. The van der Waals surface area contributed by atoms with Gasteiger partial charge in [0.25, 0.3) is 0 Å². The van der Waals surface area contributed by atoms with Crippen molar-refractivity contribution in [2.45, 2.75) is 19.8 Å². The van der Waals surface area contributed by atoms with Gasteiger partial charge in [0.2, 0.25) is 5.88 Å². The summed E-state index contributed by atoms with van der Waals surface area (Å²) in [5, 5.41) is 11.8. The van der Waals surface area contributed by atoms with Crippen LogP contribution in [0.4, 0.5) is 0 Å². The first-order valence-electron chi connectivity index (χ1n) is 6.57. The zero-order chi connectivity index (χ0) is 14.4. The van der Waals surface area contributed by atoms with Crippen LogP contribution in [0.2, 0.25) is 0 Å². The first kappa shape index (κ1) is 14.3. The van der Waals surface area contributed by atoms with Gasteiger partial charge >= 0.3 is 5.97 Å². The lowest BCUT2D eigenvalue weighted by Crippen LogP contribution is -2.30. The molecule has 0 aliphatic carbocycles. The number of ether oxygens (including phenoxy) is 1. The molecule has 1 aliphatic rings. The number of aromatic nitrogens is 2. The van der Waals surface area contributed by atoms with Gasteiger partial charge in [-0.25, -0.2) is 9.78 Å². The molecule has 0 unspecified atom stereocenters. The number of hydrogen-bond acceptors (Lipinski definition) is 5. The van der Waals surface area contributed by atoms with Crippen molar-refractivity contribution in [2.24, 2.45) is 5.92 Å². The Kier molecular flexibility index (Phi) is 4.91. The summed E-state index contributed by atoms with van der Waals surface area (Å²) in [5.74, 6) is 4.82. The van der Waals surface area contributed by atoms with Gasteiger partial charge in [0.15, 0.2) is 0 Å². The third kappa shape index (κ3) is 4.52. The number of rotatable bonds is 3. The second kappa shape index (κ2) is 6.87. The van der Waals surface area contributed by atoms with Crippen LogP contribution in [0.15, 0.2) is 6.07 Å². The van der Waals surface area contributed by atoms with E-state index in [0.717, 1.165) is 25.9 Å². The molecular formula is C14H17N3O3. The van der Waals surface area contributed by atoms with Crippen molar-refractivity contribution in [2.75, 3.05) is 19.7 Å². The molecule has 6 heteroatoms. The Balaban J connectivity index is 2.00. The standard InChI is InChI=1S/C14H17N3O3/c1-10-16-12(2-3-14(18)19)8-13(17-10)20-9-11-4-6-15-7-5-11/h8,11,15H,4-7,9H2,1H3,(H,18,19). The number of carboxylic acid groups (broad SMARTS) is 1. The first-order valence-corrected chi connectivity index (χ1v) is 6.57. The lowest BCUT2D eigenvalue weighted by Gasteiger charge is -2.22. The number of nitrogens with one attached hydrogen (secondary N) is 1.